The lowest BCUT2D eigenvalue weighted by Gasteiger charge is -2.25. The van der Waals surface area contributed by atoms with E-state index in [0.29, 0.717) is 18.9 Å². The largest absolute Gasteiger partial charge is 0.497 e. The van der Waals surface area contributed by atoms with E-state index in [-0.39, 0.29) is 18.3 Å². The molecule has 0 aromatic heterocycles. The molecule has 0 unspecified atom stereocenters. The van der Waals surface area contributed by atoms with Gasteiger partial charge in [-0.25, -0.2) is 0 Å². The lowest BCUT2D eigenvalue weighted by molar-refractivity contribution is -0.132. The van der Waals surface area contributed by atoms with E-state index in [4.69, 9.17) is 4.74 Å². The van der Waals surface area contributed by atoms with E-state index >= 15 is 0 Å². The number of carbonyl (C=O) groups excluding carboxylic acids is 1. The summed E-state index contributed by atoms with van der Waals surface area (Å²) in [6.45, 7) is 5.69. The highest BCUT2D eigenvalue weighted by Crippen LogP contribution is 2.19. The summed E-state index contributed by atoms with van der Waals surface area (Å²) in [7, 11) is 1.66. The summed E-state index contributed by atoms with van der Waals surface area (Å²) in [6.07, 6.45) is 4.12. The molecule has 0 radical (unpaired) electrons. The highest BCUT2D eigenvalue weighted by Gasteiger charge is 2.17. The quantitative estimate of drug-likeness (QED) is 0.828. The zero-order valence-electron chi connectivity index (χ0n) is 14.2. The minimum absolute atomic E-state index is 0. The van der Waals surface area contributed by atoms with Crippen LogP contribution in [0.25, 0.3) is 0 Å². The van der Waals surface area contributed by atoms with E-state index in [9.17, 15) is 4.79 Å². The van der Waals surface area contributed by atoms with E-state index in [1.807, 2.05) is 36.1 Å². The van der Waals surface area contributed by atoms with Gasteiger partial charge >= 0.3 is 0 Å². The van der Waals surface area contributed by atoms with Crippen molar-refractivity contribution >= 4 is 18.3 Å². The lowest BCUT2D eigenvalue weighted by Crippen LogP contribution is -2.32. The smallest absolute Gasteiger partial charge is 0.222 e. The van der Waals surface area contributed by atoms with Crippen LogP contribution in [0.2, 0.25) is 0 Å². The fourth-order valence-corrected chi connectivity index (χ4v) is 2.98. The second-order valence-corrected chi connectivity index (χ2v) is 5.99. The lowest BCUT2D eigenvalue weighted by atomic mass is 9.93. The highest BCUT2D eigenvalue weighted by atomic mass is 35.5. The minimum atomic E-state index is 0. The molecule has 0 atom stereocenters. The van der Waals surface area contributed by atoms with Crippen LogP contribution in [0.1, 0.15) is 38.2 Å². The monoisotopic (exact) mass is 340 g/mol. The molecule has 23 heavy (non-hydrogen) atoms. The van der Waals surface area contributed by atoms with Crippen molar-refractivity contribution in [2.24, 2.45) is 5.92 Å². The predicted molar refractivity (Wildman–Crippen MR) is 96.2 cm³/mol. The zero-order chi connectivity index (χ0) is 15.8. The third kappa shape index (κ3) is 6.40. The number of halogens is 1. The van der Waals surface area contributed by atoms with Crippen molar-refractivity contribution in [1.29, 1.82) is 0 Å². The van der Waals surface area contributed by atoms with Gasteiger partial charge in [0.15, 0.2) is 0 Å². The molecule has 1 heterocycles. The maximum atomic E-state index is 12.4. The van der Waals surface area contributed by atoms with Gasteiger partial charge in [-0.15, -0.1) is 12.4 Å². The minimum Gasteiger partial charge on any atom is -0.497 e. The molecule has 0 aliphatic carbocycles. The Morgan fingerprint density at radius 3 is 2.48 bits per heavy atom. The number of hydrogen-bond acceptors (Lipinski definition) is 3. The van der Waals surface area contributed by atoms with Gasteiger partial charge < -0.3 is 15.0 Å². The third-order valence-electron chi connectivity index (χ3n) is 4.49. The van der Waals surface area contributed by atoms with Gasteiger partial charge in [0, 0.05) is 19.5 Å². The van der Waals surface area contributed by atoms with Crippen molar-refractivity contribution in [2.75, 3.05) is 26.7 Å². The fourth-order valence-electron chi connectivity index (χ4n) is 2.98. The molecule has 1 amide bonds. The van der Waals surface area contributed by atoms with E-state index < -0.39 is 0 Å². The van der Waals surface area contributed by atoms with Crippen molar-refractivity contribution in [1.82, 2.24) is 10.2 Å². The predicted octanol–water partition coefficient (Wildman–Crippen LogP) is 3.25. The SMILES string of the molecule is CCN(Cc1ccc(OC)cc1)C(=O)CCC1CCNCC1.Cl. The Bertz CT molecular complexity index is 459. The number of nitrogens with zero attached hydrogens (tertiary/aromatic N) is 1. The Balaban J connectivity index is 0.00000264. The van der Waals surface area contributed by atoms with E-state index in [1.54, 1.807) is 7.11 Å². The molecule has 130 valence electrons. The van der Waals surface area contributed by atoms with Crippen molar-refractivity contribution in [2.45, 2.75) is 39.2 Å². The molecule has 0 bridgehead atoms. The molecule has 1 aliphatic rings. The molecular formula is C18H29ClN2O2. The highest BCUT2D eigenvalue weighted by molar-refractivity contribution is 5.85. The van der Waals surface area contributed by atoms with Gasteiger partial charge in [-0.05, 0) is 62.9 Å². The van der Waals surface area contributed by atoms with Crippen molar-refractivity contribution < 1.29 is 9.53 Å². The van der Waals surface area contributed by atoms with Crippen LogP contribution in [0.15, 0.2) is 24.3 Å². The Labute approximate surface area is 146 Å². The van der Waals surface area contributed by atoms with Crippen LogP contribution in [0, 0.1) is 5.92 Å². The number of rotatable bonds is 7. The maximum Gasteiger partial charge on any atom is 0.222 e. The summed E-state index contributed by atoms with van der Waals surface area (Å²) in [5.41, 5.74) is 1.15. The topological polar surface area (TPSA) is 41.6 Å². The van der Waals surface area contributed by atoms with Crippen molar-refractivity contribution in [3.05, 3.63) is 29.8 Å². The summed E-state index contributed by atoms with van der Waals surface area (Å²) in [5, 5.41) is 3.37. The summed E-state index contributed by atoms with van der Waals surface area (Å²) in [6, 6.07) is 7.95. The molecule has 2 rings (SSSR count). The molecule has 1 aromatic carbocycles. The Kier molecular flexibility index (Phi) is 9.03. The van der Waals surface area contributed by atoms with Gasteiger partial charge in [0.05, 0.1) is 7.11 Å². The van der Waals surface area contributed by atoms with Crippen molar-refractivity contribution in [3.63, 3.8) is 0 Å². The molecule has 0 spiro atoms. The first-order valence-electron chi connectivity index (χ1n) is 8.34. The number of nitrogens with one attached hydrogen (secondary N) is 1. The molecule has 4 nitrogen and oxygen atoms in total. The third-order valence-corrected chi connectivity index (χ3v) is 4.49. The summed E-state index contributed by atoms with van der Waals surface area (Å²) < 4.78 is 5.17. The van der Waals surface area contributed by atoms with Crippen LogP contribution < -0.4 is 10.1 Å². The van der Waals surface area contributed by atoms with Crippen LogP contribution in [-0.2, 0) is 11.3 Å². The number of methoxy groups -OCH3 is 1. The van der Waals surface area contributed by atoms with E-state index in [1.165, 1.54) is 12.8 Å². The van der Waals surface area contributed by atoms with Gasteiger partial charge in [0.25, 0.3) is 0 Å². The second-order valence-electron chi connectivity index (χ2n) is 5.99. The van der Waals surface area contributed by atoms with Crippen LogP contribution >= 0.6 is 12.4 Å². The fraction of sp³-hybridized carbons (Fsp3) is 0.611. The first kappa shape index (κ1) is 19.8. The van der Waals surface area contributed by atoms with E-state index in [2.05, 4.69) is 5.32 Å². The number of piperidine rings is 1. The Morgan fingerprint density at radius 1 is 1.26 bits per heavy atom. The number of ether oxygens (including phenoxy) is 1. The zero-order valence-corrected chi connectivity index (χ0v) is 15.0. The Morgan fingerprint density at radius 2 is 1.91 bits per heavy atom. The van der Waals surface area contributed by atoms with Crippen LogP contribution in [0.5, 0.6) is 5.75 Å². The van der Waals surface area contributed by atoms with Gasteiger partial charge in [-0.1, -0.05) is 12.1 Å². The number of benzene rings is 1. The first-order chi connectivity index (χ1) is 10.7. The van der Waals surface area contributed by atoms with E-state index in [0.717, 1.165) is 37.4 Å². The molecule has 1 aliphatic heterocycles. The molecular weight excluding hydrogens is 312 g/mol. The van der Waals surface area contributed by atoms with Gasteiger partial charge in [-0.2, -0.15) is 0 Å². The number of carbonyl (C=O) groups is 1. The van der Waals surface area contributed by atoms with Crippen LogP contribution in [0.4, 0.5) is 0 Å². The average Bonchev–Trinajstić information content (AvgIpc) is 2.59. The molecule has 1 aromatic rings. The van der Waals surface area contributed by atoms with Crippen molar-refractivity contribution in [3.8, 4) is 5.75 Å². The molecule has 1 N–H and O–H groups in total. The summed E-state index contributed by atoms with van der Waals surface area (Å²) in [5.74, 6) is 1.84. The molecule has 5 heteroatoms. The van der Waals surface area contributed by atoms with Crippen LogP contribution in [-0.4, -0.2) is 37.6 Å². The molecule has 1 fully saturated rings. The summed E-state index contributed by atoms with van der Waals surface area (Å²) >= 11 is 0. The van der Waals surface area contributed by atoms with Gasteiger partial charge in [-0.3, -0.25) is 4.79 Å². The number of amides is 1. The second kappa shape index (κ2) is 10.5. The molecule has 0 saturated carbocycles. The normalized spacial score (nSPS) is 14.9. The number of hydrogen-bond donors (Lipinski definition) is 1. The Hall–Kier alpha value is -1.26. The first-order valence-corrected chi connectivity index (χ1v) is 8.34. The summed E-state index contributed by atoms with van der Waals surface area (Å²) in [4.78, 5) is 14.4. The van der Waals surface area contributed by atoms with Crippen LogP contribution in [0.3, 0.4) is 0 Å². The standard InChI is InChI=1S/C18H28N2O2.ClH/c1-3-20(14-16-4-7-17(22-2)8-5-16)18(21)9-6-15-10-12-19-13-11-15;/h4-5,7-8,15,19H,3,6,9-14H2,1-2H3;1H. The molecule has 1 saturated heterocycles. The maximum absolute atomic E-state index is 12.4. The average molecular weight is 341 g/mol. The van der Waals surface area contributed by atoms with Gasteiger partial charge in [0.1, 0.15) is 5.75 Å². The van der Waals surface area contributed by atoms with Gasteiger partial charge in [0.2, 0.25) is 5.91 Å².